The van der Waals surface area contributed by atoms with Gasteiger partial charge in [0.25, 0.3) is 0 Å². The minimum atomic E-state index is -3.81. The second-order valence-corrected chi connectivity index (χ2v) is 6.02. The van der Waals surface area contributed by atoms with Crippen LogP contribution in [0.5, 0.6) is 0 Å². The van der Waals surface area contributed by atoms with Gasteiger partial charge >= 0.3 is 13.4 Å². The Hall–Kier alpha value is 1.06. The summed E-state index contributed by atoms with van der Waals surface area (Å²) in [6.07, 6.45) is 0. The maximum atomic E-state index is 7.56. The summed E-state index contributed by atoms with van der Waals surface area (Å²) >= 11 is 7.21. The molecule has 0 saturated heterocycles. The summed E-state index contributed by atoms with van der Waals surface area (Å²) in [6.45, 7) is -3.61. The standard InChI is InChI=1S/C2H6.2CH4.2H3O3PS/c1-2;;;2*1-4(2,3)5/h1-2H3;2*1H4;2*(H3,1,2,3,5). The minimum Gasteiger partial charge on any atom is -0.325 e. The SMILES string of the molecule is C.C.CC.OP(O)(O)=S.OP(O)(O)=S. The molecule has 0 heterocycles. The highest BCUT2D eigenvalue weighted by molar-refractivity contribution is 8.06. The first-order chi connectivity index (χ1) is 5.00. The van der Waals surface area contributed by atoms with Crippen LogP contribution >= 0.6 is 13.4 Å². The molecule has 6 nitrogen and oxygen atoms in total. The lowest BCUT2D eigenvalue weighted by atomic mass is 11.0. The second-order valence-electron chi connectivity index (χ2n) is 1.03. The molecule has 0 atom stereocenters. The molecule has 0 rings (SSSR count). The molecule has 0 saturated carbocycles. The van der Waals surface area contributed by atoms with Crippen molar-refractivity contribution in [2.75, 3.05) is 0 Å². The fraction of sp³-hybridized carbons (Fsp3) is 1.00. The van der Waals surface area contributed by atoms with Crippen molar-refractivity contribution < 1.29 is 29.4 Å². The molecule has 0 aliphatic heterocycles. The van der Waals surface area contributed by atoms with E-state index in [1.165, 1.54) is 0 Å². The highest BCUT2D eigenvalue weighted by Crippen LogP contribution is 2.26. The monoisotopic (exact) mass is 290 g/mol. The van der Waals surface area contributed by atoms with Gasteiger partial charge in [0.2, 0.25) is 0 Å². The zero-order valence-corrected chi connectivity index (χ0v) is 9.82. The van der Waals surface area contributed by atoms with Crippen LogP contribution in [-0.2, 0) is 23.6 Å². The van der Waals surface area contributed by atoms with Crippen molar-refractivity contribution >= 4 is 37.1 Å². The van der Waals surface area contributed by atoms with Gasteiger partial charge in [-0.15, -0.1) is 0 Å². The molecule has 0 aromatic heterocycles. The average Bonchev–Trinajstić information content (AvgIpc) is 1.59. The van der Waals surface area contributed by atoms with Crippen LogP contribution in [0.3, 0.4) is 0 Å². The van der Waals surface area contributed by atoms with E-state index in [-0.39, 0.29) is 14.9 Å². The minimum absolute atomic E-state index is 0. The first-order valence-electron chi connectivity index (χ1n) is 2.57. The third-order valence-electron chi connectivity index (χ3n) is 0. The van der Waals surface area contributed by atoms with E-state index < -0.39 is 13.4 Å². The van der Waals surface area contributed by atoms with E-state index in [0.717, 1.165) is 0 Å². The molecule has 0 aromatic rings. The quantitative estimate of drug-likeness (QED) is 0.360. The molecule has 14 heavy (non-hydrogen) atoms. The molecule has 0 aromatic carbocycles. The van der Waals surface area contributed by atoms with Crippen LogP contribution < -0.4 is 0 Å². The fourth-order valence-electron chi connectivity index (χ4n) is 0. The Kier molecular flexibility index (Phi) is 29.5. The highest BCUT2D eigenvalue weighted by Gasteiger charge is 1.92. The van der Waals surface area contributed by atoms with E-state index >= 15 is 0 Å². The van der Waals surface area contributed by atoms with E-state index in [0.29, 0.717) is 0 Å². The van der Waals surface area contributed by atoms with E-state index in [1.54, 1.807) is 0 Å². The molecule has 0 unspecified atom stereocenters. The van der Waals surface area contributed by atoms with Crippen molar-refractivity contribution in [3.8, 4) is 0 Å². The van der Waals surface area contributed by atoms with Gasteiger partial charge in [-0.05, 0) is 23.6 Å². The Balaban J connectivity index is -0.0000000292. The predicted octanol–water partition coefficient (Wildman–Crippen LogP) is 0.674. The van der Waals surface area contributed by atoms with Crippen LogP contribution in [-0.4, -0.2) is 29.4 Å². The highest BCUT2D eigenvalue weighted by atomic mass is 32.5. The van der Waals surface area contributed by atoms with Gasteiger partial charge in [0.05, 0.1) is 0 Å². The largest absolute Gasteiger partial charge is 0.325 e. The molecule has 0 fully saturated rings. The summed E-state index contributed by atoms with van der Waals surface area (Å²) in [5.41, 5.74) is 0. The average molecular weight is 290 g/mol. The molecule has 6 N–H and O–H groups in total. The van der Waals surface area contributed by atoms with Crippen molar-refractivity contribution in [2.24, 2.45) is 0 Å². The lowest BCUT2D eigenvalue weighted by Crippen LogP contribution is -1.65. The molecule has 10 heteroatoms. The smallest absolute Gasteiger partial charge is 0.319 e. The summed E-state index contributed by atoms with van der Waals surface area (Å²) in [7, 11) is 0. The van der Waals surface area contributed by atoms with Crippen LogP contribution in [0.25, 0.3) is 0 Å². The molecular formula is C4H20O6P2S2. The van der Waals surface area contributed by atoms with E-state index in [9.17, 15) is 0 Å². The van der Waals surface area contributed by atoms with Crippen molar-refractivity contribution in [1.29, 1.82) is 0 Å². The topological polar surface area (TPSA) is 121 Å². The van der Waals surface area contributed by atoms with Gasteiger partial charge in [-0.3, -0.25) is 0 Å². The van der Waals surface area contributed by atoms with Crippen LogP contribution in [0, 0.1) is 0 Å². The Morgan fingerprint density at radius 2 is 0.643 bits per heavy atom. The predicted molar refractivity (Wildman–Crippen MR) is 66.7 cm³/mol. The Bertz CT molecular complexity index is 138. The van der Waals surface area contributed by atoms with Gasteiger partial charge in [0.15, 0.2) is 0 Å². The van der Waals surface area contributed by atoms with E-state index in [4.69, 9.17) is 29.4 Å². The molecule has 0 aliphatic carbocycles. The lowest BCUT2D eigenvalue weighted by Gasteiger charge is -1.88. The zero-order valence-electron chi connectivity index (χ0n) is 6.39. The van der Waals surface area contributed by atoms with E-state index in [2.05, 4.69) is 23.6 Å². The van der Waals surface area contributed by atoms with Crippen molar-refractivity contribution in [1.82, 2.24) is 0 Å². The Labute approximate surface area is 95.4 Å². The van der Waals surface area contributed by atoms with Gasteiger partial charge in [0.1, 0.15) is 0 Å². The molecule has 0 bridgehead atoms. The van der Waals surface area contributed by atoms with Gasteiger partial charge in [0, 0.05) is 0 Å². The first kappa shape index (κ1) is 29.4. The first-order valence-corrected chi connectivity index (χ1v) is 7.89. The van der Waals surface area contributed by atoms with Gasteiger partial charge in [-0.2, -0.15) is 0 Å². The van der Waals surface area contributed by atoms with Crippen molar-refractivity contribution in [3.63, 3.8) is 0 Å². The summed E-state index contributed by atoms with van der Waals surface area (Å²) in [4.78, 5) is 45.3. The summed E-state index contributed by atoms with van der Waals surface area (Å²) in [5, 5.41) is 0. The summed E-state index contributed by atoms with van der Waals surface area (Å²) in [5.74, 6) is 0. The maximum Gasteiger partial charge on any atom is 0.319 e. The van der Waals surface area contributed by atoms with Crippen LogP contribution in [0.2, 0.25) is 0 Å². The molecule has 94 valence electrons. The molecule has 0 radical (unpaired) electrons. The number of hydrogen-bond donors (Lipinski definition) is 6. The molecule has 0 aliphatic rings. The van der Waals surface area contributed by atoms with Gasteiger partial charge < -0.3 is 29.4 Å². The zero-order chi connectivity index (χ0) is 11.0. The van der Waals surface area contributed by atoms with E-state index in [1.807, 2.05) is 13.8 Å². The van der Waals surface area contributed by atoms with Crippen molar-refractivity contribution in [2.45, 2.75) is 28.7 Å². The third kappa shape index (κ3) is 1690. The Morgan fingerprint density at radius 3 is 0.643 bits per heavy atom. The van der Waals surface area contributed by atoms with Crippen LogP contribution in [0.15, 0.2) is 0 Å². The van der Waals surface area contributed by atoms with Gasteiger partial charge in [-0.25, -0.2) is 0 Å². The number of hydrogen-bond acceptors (Lipinski definition) is 2. The van der Waals surface area contributed by atoms with Crippen molar-refractivity contribution in [3.05, 3.63) is 0 Å². The van der Waals surface area contributed by atoms with Crippen LogP contribution in [0.4, 0.5) is 0 Å². The Morgan fingerprint density at radius 1 is 0.643 bits per heavy atom. The normalized spacial score (nSPS) is 8.86. The van der Waals surface area contributed by atoms with Crippen LogP contribution in [0.1, 0.15) is 28.7 Å². The fourth-order valence-corrected chi connectivity index (χ4v) is 0. The summed E-state index contributed by atoms with van der Waals surface area (Å²) < 4.78 is 0. The third-order valence-corrected chi connectivity index (χ3v) is 0. The maximum absolute atomic E-state index is 7.56. The summed E-state index contributed by atoms with van der Waals surface area (Å²) in [6, 6.07) is 0. The lowest BCUT2D eigenvalue weighted by molar-refractivity contribution is 0.361. The second kappa shape index (κ2) is 14.1. The molecular weight excluding hydrogens is 270 g/mol. The molecule has 0 spiro atoms. The number of rotatable bonds is 0. The van der Waals surface area contributed by atoms with Gasteiger partial charge in [-0.1, -0.05) is 28.7 Å². The molecule has 0 amide bonds.